The van der Waals surface area contributed by atoms with Crippen molar-refractivity contribution in [3.05, 3.63) is 29.6 Å². The largest absolute Gasteiger partial charge is 0.349 e. The Morgan fingerprint density at radius 1 is 1.44 bits per heavy atom. The van der Waals surface area contributed by atoms with Gasteiger partial charge in [0, 0.05) is 24.8 Å². The topological polar surface area (TPSA) is 71.2 Å². The number of nitrogens with two attached hydrogens (primary N) is 1. The molecular formula is C13H22N4O. The summed E-state index contributed by atoms with van der Waals surface area (Å²) in [4.78, 5) is 18.0. The third-order valence-corrected chi connectivity index (χ3v) is 3.19. The van der Waals surface area contributed by atoms with E-state index in [0.29, 0.717) is 18.8 Å². The molecule has 1 aromatic rings. The van der Waals surface area contributed by atoms with E-state index in [1.54, 1.807) is 12.3 Å². The van der Waals surface area contributed by atoms with Crippen LogP contribution < -0.4 is 11.1 Å². The zero-order valence-corrected chi connectivity index (χ0v) is 11.5. The summed E-state index contributed by atoms with van der Waals surface area (Å²) in [5.74, 6) is -0.159. The number of amides is 1. The molecule has 0 saturated heterocycles. The van der Waals surface area contributed by atoms with Crippen LogP contribution in [0.15, 0.2) is 18.3 Å². The van der Waals surface area contributed by atoms with Crippen LogP contribution in [0.1, 0.15) is 29.9 Å². The lowest BCUT2D eigenvalue weighted by molar-refractivity contribution is 0.0914. The Labute approximate surface area is 108 Å². The second kappa shape index (κ2) is 5.93. The summed E-state index contributed by atoms with van der Waals surface area (Å²) in [6.45, 7) is 5.14. The lowest BCUT2D eigenvalue weighted by Gasteiger charge is -2.32. The van der Waals surface area contributed by atoms with Crippen molar-refractivity contribution in [3.8, 4) is 0 Å². The minimum absolute atomic E-state index is 0.0904. The van der Waals surface area contributed by atoms with Crippen LogP contribution in [0.5, 0.6) is 0 Å². The number of likely N-dealkylation sites (N-methyl/N-ethyl adjacent to an activating group) is 1. The maximum atomic E-state index is 11.9. The van der Waals surface area contributed by atoms with E-state index in [0.717, 1.165) is 5.56 Å². The van der Waals surface area contributed by atoms with Gasteiger partial charge in [-0.1, -0.05) is 6.07 Å². The van der Waals surface area contributed by atoms with E-state index in [-0.39, 0.29) is 11.4 Å². The SMILES string of the molecule is CN(C)C(C)(C)CNC(=O)c1ccc(CN)cn1. The molecule has 5 heteroatoms. The van der Waals surface area contributed by atoms with Crippen molar-refractivity contribution in [2.45, 2.75) is 25.9 Å². The standard InChI is InChI=1S/C13H22N4O/c1-13(2,17(3)4)9-16-12(18)11-6-5-10(7-14)8-15-11/h5-6,8H,7,9,14H2,1-4H3,(H,16,18). The first kappa shape index (κ1) is 14.6. The Morgan fingerprint density at radius 3 is 2.56 bits per heavy atom. The highest BCUT2D eigenvalue weighted by molar-refractivity contribution is 5.92. The van der Waals surface area contributed by atoms with Gasteiger partial charge in [-0.05, 0) is 39.6 Å². The van der Waals surface area contributed by atoms with Crippen LogP contribution in [-0.4, -0.2) is 42.0 Å². The average Bonchev–Trinajstić information content (AvgIpc) is 2.36. The van der Waals surface area contributed by atoms with Gasteiger partial charge in [0.15, 0.2) is 0 Å². The number of nitrogens with zero attached hydrogens (tertiary/aromatic N) is 2. The summed E-state index contributed by atoms with van der Waals surface area (Å²) in [6, 6.07) is 3.51. The fourth-order valence-electron chi connectivity index (χ4n) is 1.22. The molecule has 1 heterocycles. The van der Waals surface area contributed by atoms with E-state index >= 15 is 0 Å². The second-order valence-corrected chi connectivity index (χ2v) is 5.15. The molecule has 0 fully saturated rings. The van der Waals surface area contributed by atoms with Crippen LogP contribution in [0.4, 0.5) is 0 Å². The van der Waals surface area contributed by atoms with E-state index in [2.05, 4.69) is 29.0 Å². The van der Waals surface area contributed by atoms with Crippen LogP contribution in [0.2, 0.25) is 0 Å². The molecule has 0 unspecified atom stereocenters. The van der Waals surface area contributed by atoms with Crippen LogP contribution in [-0.2, 0) is 6.54 Å². The van der Waals surface area contributed by atoms with Gasteiger partial charge in [0.2, 0.25) is 0 Å². The summed E-state index contributed by atoms with van der Waals surface area (Å²) in [5, 5.41) is 2.88. The third kappa shape index (κ3) is 3.78. The predicted molar refractivity (Wildman–Crippen MR) is 72.2 cm³/mol. The Hall–Kier alpha value is -1.46. The molecule has 1 rings (SSSR count). The second-order valence-electron chi connectivity index (χ2n) is 5.15. The Bertz CT molecular complexity index is 398. The molecule has 5 nitrogen and oxygen atoms in total. The smallest absolute Gasteiger partial charge is 0.269 e. The Balaban J connectivity index is 2.60. The summed E-state index contributed by atoms with van der Waals surface area (Å²) in [7, 11) is 3.97. The Kier molecular flexibility index (Phi) is 4.81. The van der Waals surface area contributed by atoms with Gasteiger partial charge in [0.1, 0.15) is 5.69 Å². The van der Waals surface area contributed by atoms with Crippen molar-refractivity contribution in [1.82, 2.24) is 15.2 Å². The fraction of sp³-hybridized carbons (Fsp3) is 0.538. The summed E-state index contributed by atoms with van der Waals surface area (Å²) < 4.78 is 0. The molecule has 0 aliphatic carbocycles. The molecule has 1 amide bonds. The van der Waals surface area contributed by atoms with Crippen molar-refractivity contribution in [1.29, 1.82) is 0 Å². The molecule has 100 valence electrons. The number of hydrogen-bond acceptors (Lipinski definition) is 4. The van der Waals surface area contributed by atoms with Crippen LogP contribution in [0, 0.1) is 0 Å². The minimum atomic E-state index is -0.159. The fourth-order valence-corrected chi connectivity index (χ4v) is 1.22. The summed E-state index contributed by atoms with van der Waals surface area (Å²) in [6.07, 6.45) is 1.63. The average molecular weight is 250 g/mol. The van der Waals surface area contributed by atoms with Gasteiger partial charge >= 0.3 is 0 Å². The first-order valence-electron chi connectivity index (χ1n) is 5.97. The minimum Gasteiger partial charge on any atom is -0.349 e. The van der Waals surface area contributed by atoms with Crippen LogP contribution in [0.25, 0.3) is 0 Å². The molecular weight excluding hydrogens is 228 g/mol. The summed E-state index contributed by atoms with van der Waals surface area (Å²) in [5.41, 5.74) is 6.72. The quantitative estimate of drug-likeness (QED) is 0.803. The highest BCUT2D eigenvalue weighted by Crippen LogP contribution is 2.08. The lowest BCUT2D eigenvalue weighted by atomic mass is 10.0. The van der Waals surface area contributed by atoms with Gasteiger partial charge in [-0.2, -0.15) is 0 Å². The van der Waals surface area contributed by atoms with E-state index in [1.807, 2.05) is 20.2 Å². The van der Waals surface area contributed by atoms with Crippen molar-refractivity contribution < 1.29 is 4.79 Å². The van der Waals surface area contributed by atoms with Gasteiger partial charge in [0.25, 0.3) is 5.91 Å². The number of rotatable bonds is 5. The molecule has 18 heavy (non-hydrogen) atoms. The molecule has 1 aromatic heterocycles. The number of pyridine rings is 1. The Morgan fingerprint density at radius 2 is 2.11 bits per heavy atom. The summed E-state index contributed by atoms with van der Waals surface area (Å²) >= 11 is 0. The maximum Gasteiger partial charge on any atom is 0.269 e. The number of carbonyl (C=O) groups is 1. The van der Waals surface area contributed by atoms with Gasteiger partial charge in [-0.25, -0.2) is 0 Å². The van der Waals surface area contributed by atoms with Crippen molar-refractivity contribution >= 4 is 5.91 Å². The zero-order valence-electron chi connectivity index (χ0n) is 11.5. The number of nitrogens with one attached hydrogen (secondary N) is 1. The molecule has 3 N–H and O–H groups in total. The highest BCUT2D eigenvalue weighted by atomic mass is 16.1. The molecule has 0 atom stereocenters. The van der Waals surface area contributed by atoms with E-state index in [1.165, 1.54) is 0 Å². The van der Waals surface area contributed by atoms with Crippen molar-refractivity contribution in [2.24, 2.45) is 5.73 Å². The van der Waals surface area contributed by atoms with Crippen molar-refractivity contribution in [3.63, 3.8) is 0 Å². The molecule has 0 aliphatic rings. The predicted octanol–water partition coefficient (Wildman–Crippen LogP) is 0.610. The van der Waals surface area contributed by atoms with Crippen molar-refractivity contribution in [2.75, 3.05) is 20.6 Å². The zero-order chi connectivity index (χ0) is 13.8. The highest BCUT2D eigenvalue weighted by Gasteiger charge is 2.21. The van der Waals surface area contributed by atoms with E-state index < -0.39 is 0 Å². The van der Waals surface area contributed by atoms with E-state index in [9.17, 15) is 4.79 Å². The van der Waals surface area contributed by atoms with Gasteiger partial charge in [-0.15, -0.1) is 0 Å². The van der Waals surface area contributed by atoms with Crippen LogP contribution >= 0.6 is 0 Å². The molecule has 0 aliphatic heterocycles. The lowest BCUT2D eigenvalue weighted by Crippen LogP contribution is -2.48. The maximum absolute atomic E-state index is 11.9. The molecule has 0 bridgehead atoms. The molecule has 0 aromatic carbocycles. The number of carbonyl (C=O) groups excluding carboxylic acids is 1. The van der Waals surface area contributed by atoms with Gasteiger partial charge < -0.3 is 16.0 Å². The first-order chi connectivity index (χ1) is 8.36. The first-order valence-corrected chi connectivity index (χ1v) is 5.97. The normalized spacial score (nSPS) is 11.7. The third-order valence-electron chi connectivity index (χ3n) is 3.19. The number of aromatic nitrogens is 1. The molecule has 0 saturated carbocycles. The monoisotopic (exact) mass is 250 g/mol. The molecule has 0 radical (unpaired) electrons. The molecule has 0 spiro atoms. The van der Waals surface area contributed by atoms with Crippen LogP contribution in [0.3, 0.4) is 0 Å². The number of hydrogen-bond donors (Lipinski definition) is 2. The van der Waals surface area contributed by atoms with Gasteiger partial charge in [-0.3, -0.25) is 9.78 Å². The van der Waals surface area contributed by atoms with E-state index in [4.69, 9.17) is 5.73 Å². The van der Waals surface area contributed by atoms with Gasteiger partial charge in [0.05, 0.1) is 0 Å².